The molecule has 0 aliphatic carbocycles. The maximum atomic E-state index is 11.5. The molecular formula is C10H21BrN2O4S. The van der Waals surface area contributed by atoms with Crippen LogP contribution in [0.15, 0.2) is 0 Å². The van der Waals surface area contributed by atoms with Crippen LogP contribution in [0, 0.1) is 5.41 Å². The maximum absolute atomic E-state index is 11.5. The summed E-state index contributed by atoms with van der Waals surface area (Å²) in [5.74, 6) is 0. The molecule has 6 nitrogen and oxygen atoms in total. The number of halogens is 1. The van der Waals surface area contributed by atoms with Gasteiger partial charge in [0.25, 0.3) is 0 Å². The van der Waals surface area contributed by atoms with Gasteiger partial charge in [0, 0.05) is 11.9 Å². The summed E-state index contributed by atoms with van der Waals surface area (Å²) in [6, 6.07) is 0. The van der Waals surface area contributed by atoms with Gasteiger partial charge in [-0.3, -0.25) is 0 Å². The van der Waals surface area contributed by atoms with Crippen molar-refractivity contribution >= 4 is 32.2 Å². The summed E-state index contributed by atoms with van der Waals surface area (Å²) in [4.78, 5) is 11.0. The molecule has 108 valence electrons. The minimum Gasteiger partial charge on any atom is -0.449 e. The number of hydrogen-bond acceptors (Lipinski definition) is 4. The molecule has 0 aliphatic heterocycles. The number of rotatable bonds is 8. The fraction of sp³-hybridized carbons (Fsp3) is 0.900. The van der Waals surface area contributed by atoms with Gasteiger partial charge in [0.05, 0.1) is 6.61 Å². The predicted molar refractivity (Wildman–Crippen MR) is 73.9 cm³/mol. The van der Waals surface area contributed by atoms with E-state index in [-0.39, 0.29) is 18.6 Å². The first kappa shape index (κ1) is 17.7. The van der Waals surface area contributed by atoms with E-state index in [1.807, 2.05) is 13.8 Å². The van der Waals surface area contributed by atoms with Crippen LogP contribution in [-0.4, -0.2) is 33.0 Å². The molecule has 0 aromatic carbocycles. The molecule has 0 unspecified atom stereocenters. The van der Waals surface area contributed by atoms with Gasteiger partial charge in [-0.05, 0) is 25.2 Å². The van der Waals surface area contributed by atoms with E-state index in [1.54, 1.807) is 11.6 Å². The van der Waals surface area contributed by atoms with Crippen molar-refractivity contribution in [3.8, 4) is 0 Å². The summed E-state index contributed by atoms with van der Waals surface area (Å²) in [5, 5.41) is 0.879. The Kier molecular flexibility index (Phi) is 7.81. The van der Waals surface area contributed by atoms with Gasteiger partial charge >= 0.3 is 16.3 Å². The molecule has 0 heterocycles. The molecule has 0 aliphatic rings. The first-order chi connectivity index (χ1) is 8.22. The lowest BCUT2D eigenvalue weighted by Crippen LogP contribution is -2.44. The number of ether oxygens (including phenoxy) is 1. The van der Waals surface area contributed by atoms with E-state index in [0.29, 0.717) is 0 Å². The third-order valence-corrected chi connectivity index (χ3v) is 3.74. The average Bonchev–Trinajstić information content (AvgIpc) is 2.24. The van der Waals surface area contributed by atoms with Crippen molar-refractivity contribution in [3.63, 3.8) is 0 Å². The third-order valence-electron chi connectivity index (χ3n) is 2.22. The highest BCUT2D eigenvalue weighted by atomic mass is 79.9. The second kappa shape index (κ2) is 7.96. The molecule has 0 radical (unpaired) electrons. The molecule has 0 fully saturated rings. The zero-order chi connectivity index (χ0) is 14.2. The molecule has 0 spiro atoms. The second-order valence-corrected chi connectivity index (χ2v) is 6.90. The first-order valence-electron chi connectivity index (χ1n) is 5.72. The maximum Gasteiger partial charge on any atom is 0.421 e. The van der Waals surface area contributed by atoms with Gasteiger partial charge < -0.3 is 4.74 Å². The first-order valence-corrected chi connectivity index (χ1v) is 8.33. The van der Waals surface area contributed by atoms with E-state index in [2.05, 4.69) is 25.4 Å². The van der Waals surface area contributed by atoms with Crippen molar-refractivity contribution < 1.29 is 17.9 Å². The number of hydrogen-bond donors (Lipinski definition) is 2. The molecule has 0 aromatic rings. The Bertz CT molecular complexity index is 357. The summed E-state index contributed by atoms with van der Waals surface area (Å²) in [6.07, 6.45) is 0.864. The monoisotopic (exact) mass is 344 g/mol. The molecule has 0 rings (SSSR count). The van der Waals surface area contributed by atoms with Crippen molar-refractivity contribution in [2.24, 2.45) is 5.41 Å². The lowest BCUT2D eigenvalue weighted by molar-refractivity contribution is 0.158. The number of carbonyl (C=O) groups is 1. The van der Waals surface area contributed by atoms with Crippen molar-refractivity contribution in [3.05, 3.63) is 0 Å². The topological polar surface area (TPSA) is 84.5 Å². The Morgan fingerprint density at radius 1 is 1.39 bits per heavy atom. The van der Waals surface area contributed by atoms with Crippen molar-refractivity contribution in [1.29, 1.82) is 0 Å². The van der Waals surface area contributed by atoms with E-state index in [0.717, 1.165) is 18.2 Å². The van der Waals surface area contributed by atoms with Gasteiger partial charge in [0.15, 0.2) is 0 Å². The zero-order valence-corrected chi connectivity index (χ0v) is 13.4. The van der Waals surface area contributed by atoms with Crippen LogP contribution in [0.2, 0.25) is 0 Å². The lowest BCUT2D eigenvalue weighted by atomic mass is 9.88. The Labute approximate surface area is 117 Å². The molecule has 2 N–H and O–H groups in total. The van der Waals surface area contributed by atoms with Crippen LogP contribution in [0.1, 0.15) is 33.6 Å². The highest BCUT2D eigenvalue weighted by Gasteiger charge is 2.22. The van der Waals surface area contributed by atoms with E-state index in [4.69, 9.17) is 0 Å². The van der Waals surface area contributed by atoms with Crippen LogP contribution < -0.4 is 9.44 Å². The number of carbonyl (C=O) groups excluding carboxylic acids is 1. The van der Waals surface area contributed by atoms with Gasteiger partial charge in [-0.25, -0.2) is 9.52 Å². The van der Waals surface area contributed by atoms with E-state index >= 15 is 0 Å². The number of amides is 1. The Balaban J connectivity index is 4.21. The molecule has 0 atom stereocenters. The van der Waals surface area contributed by atoms with Crippen LogP contribution in [0.3, 0.4) is 0 Å². The molecule has 0 saturated heterocycles. The summed E-state index contributed by atoms with van der Waals surface area (Å²) < 4.78 is 31.6. The van der Waals surface area contributed by atoms with E-state index < -0.39 is 16.3 Å². The lowest BCUT2D eigenvalue weighted by Gasteiger charge is -2.24. The van der Waals surface area contributed by atoms with Crippen molar-refractivity contribution in [2.45, 2.75) is 33.6 Å². The fourth-order valence-corrected chi connectivity index (χ4v) is 2.44. The van der Waals surface area contributed by atoms with Crippen molar-refractivity contribution in [2.75, 3.05) is 18.5 Å². The highest BCUT2D eigenvalue weighted by molar-refractivity contribution is 9.09. The third kappa shape index (κ3) is 8.71. The van der Waals surface area contributed by atoms with Crippen molar-refractivity contribution in [1.82, 2.24) is 9.44 Å². The second-order valence-electron chi connectivity index (χ2n) is 4.60. The van der Waals surface area contributed by atoms with Crippen LogP contribution in [0.5, 0.6) is 0 Å². The van der Waals surface area contributed by atoms with E-state index in [1.165, 1.54) is 0 Å². The number of nitrogens with one attached hydrogen (secondary N) is 2. The predicted octanol–water partition coefficient (Wildman–Crippen LogP) is 1.77. The molecular weight excluding hydrogens is 324 g/mol. The number of alkyl halides is 1. The Morgan fingerprint density at radius 2 is 2.00 bits per heavy atom. The van der Waals surface area contributed by atoms with Crippen LogP contribution in [0.4, 0.5) is 4.79 Å². The molecule has 0 aromatic heterocycles. The SMILES string of the molecule is CCOC(=O)NS(=O)(=O)NCC(C)(C)CCCBr. The molecule has 0 bridgehead atoms. The fourth-order valence-electron chi connectivity index (χ4n) is 1.23. The molecule has 18 heavy (non-hydrogen) atoms. The summed E-state index contributed by atoms with van der Waals surface area (Å²) in [5.41, 5.74) is -0.169. The molecule has 1 amide bonds. The largest absolute Gasteiger partial charge is 0.449 e. The van der Waals surface area contributed by atoms with Crippen LogP contribution in [-0.2, 0) is 14.9 Å². The van der Waals surface area contributed by atoms with Gasteiger partial charge in [0.1, 0.15) is 0 Å². The summed E-state index contributed by atoms with van der Waals surface area (Å²) in [7, 11) is -3.85. The van der Waals surface area contributed by atoms with Crippen LogP contribution in [0.25, 0.3) is 0 Å². The smallest absolute Gasteiger partial charge is 0.421 e. The Hall–Kier alpha value is -0.340. The van der Waals surface area contributed by atoms with Gasteiger partial charge in [-0.1, -0.05) is 29.8 Å². The van der Waals surface area contributed by atoms with Gasteiger partial charge in [-0.2, -0.15) is 13.1 Å². The highest BCUT2D eigenvalue weighted by Crippen LogP contribution is 2.21. The van der Waals surface area contributed by atoms with Gasteiger partial charge in [0.2, 0.25) is 0 Å². The quantitative estimate of drug-likeness (QED) is 0.657. The van der Waals surface area contributed by atoms with Crippen LogP contribution >= 0.6 is 15.9 Å². The average molecular weight is 345 g/mol. The minimum absolute atomic E-state index is 0.123. The normalized spacial score (nSPS) is 12.2. The summed E-state index contributed by atoms with van der Waals surface area (Å²) >= 11 is 3.33. The molecule has 0 saturated carbocycles. The van der Waals surface area contributed by atoms with Gasteiger partial charge in [-0.15, -0.1) is 0 Å². The standard InChI is InChI=1S/C10H21BrN2O4S/c1-4-17-9(14)13-18(15,16)12-8-10(2,3)6-5-7-11/h12H,4-8H2,1-3H3,(H,13,14). The molecule has 8 heteroatoms. The van der Waals surface area contributed by atoms with E-state index in [9.17, 15) is 13.2 Å². The Morgan fingerprint density at radius 3 is 2.50 bits per heavy atom. The minimum atomic E-state index is -3.85. The zero-order valence-electron chi connectivity index (χ0n) is 11.0. The summed E-state index contributed by atoms with van der Waals surface area (Å²) in [6.45, 7) is 5.90.